The van der Waals surface area contributed by atoms with Crippen molar-refractivity contribution < 1.29 is 141 Å². The van der Waals surface area contributed by atoms with Crippen LogP contribution in [0.2, 0.25) is 0 Å². The van der Waals surface area contributed by atoms with Gasteiger partial charge in [-0.15, -0.1) is 5.06 Å². The molecule has 4 aromatic carbocycles. The molecule has 1 fully saturated rings. The number of nitrogens with zero attached hydrogens (tertiary/aromatic N) is 3. The summed E-state index contributed by atoms with van der Waals surface area (Å²) in [5, 5.41) is -0.00426. The Bertz CT molecular complexity index is 4450. The molecule has 0 bridgehead atoms. The van der Waals surface area contributed by atoms with Gasteiger partial charge in [0.15, 0.2) is 12.3 Å². The third-order valence-corrected chi connectivity index (χ3v) is 21.2. The summed E-state index contributed by atoms with van der Waals surface area (Å²) in [6, 6.07) is 8.75. The molecule has 1 saturated heterocycles. The Morgan fingerprint density at radius 2 is 0.943 bits per heavy atom. The Morgan fingerprint density at radius 1 is 0.495 bits per heavy atom. The van der Waals surface area contributed by atoms with Gasteiger partial charge in [-0.3, -0.25) is 9.59 Å². The van der Waals surface area contributed by atoms with Crippen LogP contribution in [0.5, 0.6) is 0 Å². The fraction of sp³-hybridized carbons (Fsp3) is 0.522. The second-order valence-corrected chi connectivity index (χ2v) is 31.2. The number of rotatable bonds is 49. The fourth-order valence-electron chi connectivity index (χ4n) is 12.2. The number of imide groups is 1. The van der Waals surface area contributed by atoms with Gasteiger partial charge in [-0.2, -0.15) is 4.58 Å². The van der Waals surface area contributed by atoms with E-state index in [4.69, 9.17) is 56.9 Å². The van der Waals surface area contributed by atoms with Crippen LogP contribution >= 0.6 is 0 Å². The number of carbonyl (C=O) groups excluding carboxylic acids is 3. The monoisotopic (exact) mass is 1570 g/mol. The van der Waals surface area contributed by atoms with Gasteiger partial charge in [0, 0.05) is 85.9 Å². The third-order valence-electron chi connectivity index (χ3n) is 17.0. The number of ether oxygens (including phenoxy) is 11. The highest BCUT2D eigenvalue weighted by Gasteiger charge is 2.49. The summed E-state index contributed by atoms with van der Waals surface area (Å²) in [6.45, 7) is 7.71. The summed E-state index contributed by atoms with van der Waals surface area (Å²) in [5.41, 5.74) is -0.218. The average molecular weight is 1570 g/mol. The Morgan fingerprint density at radius 3 is 1.43 bits per heavy atom. The number of methoxy groups -OCH3 is 2. The van der Waals surface area contributed by atoms with Gasteiger partial charge in [0.1, 0.15) is 47.1 Å². The smallest absolute Gasteiger partial charge is 0.335 e. The number of fused-ring (bicyclic) bond motifs is 6. The third kappa shape index (κ3) is 24.3. The normalized spacial score (nSPS) is 18.0. The quantitative estimate of drug-likeness (QED) is 0.0201. The molecule has 0 aromatic heterocycles. The molecule has 2 atom stereocenters. The molecule has 38 heteroatoms. The molecule has 33 nitrogen and oxygen atoms in total. The molecule has 3 heterocycles. The van der Waals surface area contributed by atoms with Crippen molar-refractivity contribution in [1.82, 2.24) is 5.06 Å². The molecule has 3 aliphatic heterocycles. The molecule has 7 rings (SSSR count). The number of hydrogen-bond acceptors (Lipinski definition) is 31. The summed E-state index contributed by atoms with van der Waals surface area (Å²) in [6.07, 6.45) is 11.2. The molecule has 105 heavy (non-hydrogen) atoms. The summed E-state index contributed by atoms with van der Waals surface area (Å²) in [4.78, 5) is 37.8. The van der Waals surface area contributed by atoms with E-state index in [1.807, 2.05) is 11.8 Å². The Labute approximate surface area is 610 Å². The fourth-order valence-corrected chi connectivity index (χ4v) is 15.4. The molecular weight excluding hydrogens is 1490 g/mol. The van der Waals surface area contributed by atoms with E-state index < -0.39 is 105 Å². The average Bonchev–Trinajstić information content (AvgIpc) is 1.59. The van der Waals surface area contributed by atoms with Crippen LogP contribution in [0.1, 0.15) is 63.5 Å². The number of carbonyl (C=O) groups is 3. The Hall–Kier alpha value is -6.45. The lowest BCUT2D eigenvalue weighted by Gasteiger charge is -2.31. The first-order valence-electron chi connectivity index (χ1n) is 33.1. The van der Waals surface area contributed by atoms with E-state index in [1.165, 1.54) is 25.3 Å². The molecule has 0 radical (unpaired) electrons. The first-order valence-corrected chi connectivity index (χ1v) is 40.4. The van der Waals surface area contributed by atoms with Crippen LogP contribution in [-0.4, -0.2) is 263 Å². The Kier molecular flexibility index (Phi) is 32.4. The largest absolute Gasteiger partial charge is 0.748 e. The molecule has 4 aromatic rings. The van der Waals surface area contributed by atoms with Crippen LogP contribution in [0, 0.1) is 0 Å². The van der Waals surface area contributed by atoms with E-state index >= 15 is 0 Å². The van der Waals surface area contributed by atoms with Crippen molar-refractivity contribution in [2.75, 3.05) is 170 Å². The summed E-state index contributed by atoms with van der Waals surface area (Å²) >= 11 is 0. The van der Waals surface area contributed by atoms with Gasteiger partial charge >= 0.3 is 5.97 Å². The lowest BCUT2D eigenvalue weighted by molar-refractivity contribution is -0.441. The van der Waals surface area contributed by atoms with E-state index in [2.05, 4.69) is 0 Å². The molecule has 2 amide bonds. The highest BCUT2D eigenvalue weighted by molar-refractivity contribution is 7.87. The predicted octanol–water partition coefficient (Wildman–Crippen LogP) is 3.45. The maximum Gasteiger partial charge on any atom is 0.335 e. The van der Waals surface area contributed by atoms with Crippen LogP contribution < -0.4 is 4.90 Å². The molecule has 0 spiro atoms. The number of anilines is 1. The van der Waals surface area contributed by atoms with Gasteiger partial charge in [0.2, 0.25) is 5.69 Å². The van der Waals surface area contributed by atoms with Crippen molar-refractivity contribution >= 4 is 107 Å². The topological polar surface area (TPSA) is 457 Å². The summed E-state index contributed by atoms with van der Waals surface area (Å²) < 4.78 is 252. The number of hydroxylamine groups is 2. The summed E-state index contributed by atoms with van der Waals surface area (Å²) in [7, 11) is -23.4. The zero-order valence-corrected chi connectivity index (χ0v) is 62.4. The molecular formula is C67H85N3O30S5-4. The van der Waals surface area contributed by atoms with E-state index in [-0.39, 0.29) is 191 Å². The lowest BCUT2D eigenvalue weighted by atomic mass is 9.74. The SMILES string of the molecule is COCCOCCOCCOCCC1(C)\C(=C/C=C/C=C/C=C/C2=[N+](CCOC)c3ccc4c(S(=O)(=O)[O-])cc(S(=O)(=O)[O-])cc4c3C2(C)CCCS(=O)(=O)[O-])N(CCOCCOCCOCCOCCOCCOCCC(=O)ON2C(=O)CCC2=O)c2ccc3c(S(=O)(=O)[O-])cc(S(=O)(=O)[O-])cc3c21. The van der Waals surface area contributed by atoms with E-state index in [0.717, 1.165) is 12.1 Å². The maximum atomic E-state index is 12.9. The van der Waals surface area contributed by atoms with Gasteiger partial charge < -0.3 is 84.6 Å². The minimum Gasteiger partial charge on any atom is -0.748 e. The number of hydrogen-bond donors (Lipinski definition) is 0. The molecule has 582 valence electrons. The molecule has 2 unspecified atom stereocenters. The second kappa shape index (κ2) is 39.6. The van der Waals surface area contributed by atoms with Crippen LogP contribution in [0.15, 0.2) is 116 Å². The van der Waals surface area contributed by atoms with Crippen molar-refractivity contribution in [2.24, 2.45) is 0 Å². The van der Waals surface area contributed by atoms with E-state index in [9.17, 15) is 79.2 Å². The zero-order valence-electron chi connectivity index (χ0n) is 58.3. The van der Waals surface area contributed by atoms with E-state index in [0.29, 0.717) is 65.4 Å². The Balaban J connectivity index is 1.08. The van der Waals surface area contributed by atoms with Gasteiger partial charge in [-0.1, -0.05) is 36.4 Å². The zero-order chi connectivity index (χ0) is 76.6. The van der Waals surface area contributed by atoms with E-state index in [1.54, 1.807) is 67.2 Å². The molecule has 0 saturated carbocycles. The van der Waals surface area contributed by atoms with Crippen molar-refractivity contribution in [1.29, 1.82) is 0 Å². The first kappa shape index (κ1) is 85.8. The highest BCUT2D eigenvalue weighted by Crippen LogP contribution is 2.54. The van der Waals surface area contributed by atoms with Crippen LogP contribution in [0.4, 0.5) is 11.4 Å². The molecule has 0 N–H and O–H groups in total. The minimum atomic E-state index is -5.41. The van der Waals surface area contributed by atoms with Crippen molar-refractivity contribution in [3.05, 3.63) is 108 Å². The van der Waals surface area contributed by atoms with Gasteiger partial charge in [0.25, 0.3) is 11.8 Å². The van der Waals surface area contributed by atoms with Crippen LogP contribution in [0.25, 0.3) is 21.5 Å². The minimum absolute atomic E-state index is 0.00385. The number of benzene rings is 4. The first-order chi connectivity index (χ1) is 49.8. The number of allylic oxidation sites excluding steroid dienone is 8. The van der Waals surface area contributed by atoms with Gasteiger partial charge in [-0.05, 0) is 97.3 Å². The van der Waals surface area contributed by atoms with Gasteiger partial charge in [-0.25, -0.2) is 46.9 Å². The van der Waals surface area contributed by atoms with Crippen molar-refractivity contribution in [3.8, 4) is 0 Å². The van der Waals surface area contributed by atoms with Crippen LogP contribution in [0.3, 0.4) is 0 Å². The maximum absolute atomic E-state index is 12.9. The second-order valence-electron chi connectivity index (χ2n) is 24.2. The molecule has 3 aliphatic rings. The standard InChI is InChI=1S/C67H89N3O30S5/c1-66(20-10-44-101(74,75)76)59(68(22-26-89-3)55-15-13-51-53(64(55)66)45-49(102(77,78)79)47-57(51)104(83,84)85)11-8-6-5-7-9-12-60-67(2,21-25-92-31-34-96-37-36-94-29-28-90-4)65-54-46-50(103(80,81)82)48-58(105(86,87)88)52(54)14-16-56(65)69(60)23-27-93-32-35-97-39-41-99-43-42-98-40-38-95-33-30-91-24-19-63(73)100-70-61(71)17-18-62(70)72/h5-9,11-16,45-48H,10,17-44H2,1-4H3,(H4-,74,75,76,77,78,79,80,81,82,83,84,85,86,87,88)/p-4. The summed E-state index contributed by atoms with van der Waals surface area (Å²) in [5.74, 6) is -2.73. The lowest BCUT2D eigenvalue weighted by Crippen LogP contribution is -2.32. The van der Waals surface area contributed by atoms with Crippen LogP contribution in [-0.2, 0) is 133 Å². The highest BCUT2D eigenvalue weighted by atomic mass is 32.2. The van der Waals surface area contributed by atoms with Crippen molar-refractivity contribution in [2.45, 2.75) is 82.8 Å². The van der Waals surface area contributed by atoms with Crippen molar-refractivity contribution in [3.63, 3.8) is 0 Å². The van der Waals surface area contributed by atoms with Gasteiger partial charge in [0.05, 0.1) is 160 Å². The molecule has 0 aliphatic carbocycles. The number of amides is 2. The predicted molar refractivity (Wildman–Crippen MR) is 368 cm³/mol.